The summed E-state index contributed by atoms with van der Waals surface area (Å²) in [5, 5.41) is 0. The maximum Gasteiger partial charge on any atom is 0.136 e. The first-order valence-electron chi connectivity index (χ1n) is 13.9. The van der Waals surface area contributed by atoms with Gasteiger partial charge >= 0.3 is 0 Å². The van der Waals surface area contributed by atoms with Crippen molar-refractivity contribution in [2.24, 2.45) is 0 Å². The van der Waals surface area contributed by atoms with Gasteiger partial charge in [-0.3, -0.25) is 0 Å². The molecule has 0 saturated heterocycles. The molecule has 0 aliphatic carbocycles. The number of rotatable bonds is 22. The van der Waals surface area contributed by atoms with Crippen molar-refractivity contribution in [1.29, 1.82) is 0 Å². The van der Waals surface area contributed by atoms with Crippen LogP contribution in [0.15, 0.2) is 0 Å². The number of thioether (sulfide) groups is 2. The Bertz CT molecular complexity index is 419. The van der Waals surface area contributed by atoms with E-state index in [1.165, 1.54) is 96.3 Å². The molecule has 0 radical (unpaired) electrons. The van der Waals surface area contributed by atoms with E-state index < -0.39 is 0 Å². The molecule has 0 aromatic carbocycles. The van der Waals surface area contributed by atoms with Gasteiger partial charge in [0.05, 0.1) is 0 Å². The van der Waals surface area contributed by atoms with Gasteiger partial charge in [0.2, 0.25) is 0 Å². The maximum absolute atomic E-state index is 5.82. The van der Waals surface area contributed by atoms with Crippen molar-refractivity contribution >= 4 is 56.6 Å². The smallest absolute Gasteiger partial charge is 0.136 e. The molecule has 2 nitrogen and oxygen atoms in total. The lowest BCUT2D eigenvalue weighted by atomic mass is 10.2. The molecule has 0 atom stereocenters. The van der Waals surface area contributed by atoms with Gasteiger partial charge in [0.25, 0.3) is 0 Å². The summed E-state index contributed by atoms with van der Waals surface area (Å²) in [6.07, 6.45) is 19.3. The number of hydrogen-bond acceptors (Lipinski definition) is 4. The second-order valence-electron chi connectivity index (χ2n) is 9.09. The van der Waals surface area contributed by atoms with E-state index in [2.05, 4.69) is 37.5 Å². The minimum absolute atomic E-state index is 1.11. The summed E-state index contributed by atoms with van der Waals surface area (Å²) in [5.41, 5.74) is 0. The third-order valence-electron chi connectivity index (χ3n) is 5.88. The molecule has 0 fully saturated rings. The predicted octanol–water partition coefficient (Wildman–Crippen LogP) is 9.56. The van der Waals surface area contributed by atoms with Gasteiger partial charge in [-0.1, -0.05) is 140 Å². The van der Waals surface area contributed by atoms with Crippen LogP contribution in [0.1, 0.15) is 124 Å². The first-order chi connectivity index (χ1) is 16.1. The SMILES string of the molecule is CCCCCCN(CCCCC)C(=S)SCCCSC(=S)N(CCCCC)CCCCCC. The molecule has 0 N–H and O–H groups in total. The Morgan fingerprint density at radius 1 is 0.455 bits per heavy atom. The summed E-state index contributed by atoms with van der Waals surface area (Å²) in [5.74, 6) is 2.22. The fraction of sp³-hybridized carbons (Fsp3) is 0.926. The van der Waals surface area contributed by atoms with Crippen LogP contribution in [-0.2, 0) is 0 Å². The highest BCUT2D eigenvalue weighted by atomic mass is 32.2. The zero-order chi connectivity index (χ0) is 24.6. The van der Waals surface area contributed by atoms with E-state index in [0.717, 1.165) is 46.3 Å². The Labute approximate surface area is 227 Å². The van der Waals surface area contributed by atoms with Gasteiger partial charge in [-0.2, -0.15) is 0 Å². The van der Waals surface area contributed by atoms with E-state index in [1.54, 1.807) is 0 Å². The van der Waals surface area contributed by atoms with Crippen LogP contribution in [0.3, 0.4) is 0 Å². The summed E-state index contributed by atoms with van der Waals surface area (Å²) in [6, 6.07) is 0. The van der Waals surface area contributed by atoms with Crippen LogP contribution in [0.25, 0.3) is 0 Å². The molecular formula is C27H54N2S4. The third-order valence-corrected chi connectivity index (χ3v) is 9.10. The predicted molar refractivity (Wildman–Crippen MR) is 165 cm³/mol. The molecule has 0 aromatic heterocycles. The Morgan fingerprint density at radius 3 is 1.09 bits per heavy atom. The van der Waals surface area contributed by atoms with Gasteiger partial charge in [0.15, 0.2) is 0 Å². The molecule has 0 aliphatic heterocycles. The molecule has 6 heteroatoms. The lowest BCUT2D eigenvalue weighted by molar-refractivity contribution is 0.400. The van der Waals surface area contributed by atoms with E-state index in [-0.39, 0.29) is 0 Å². The first-order valence-corrected chi connectivity index (χ1v) is 16.7. The van der Waals surface area contributed by atoms with Crippen LogP contribution in [0.4, 0.5) is 0 Å². The van der Waals surface area contributed by atoms with Crippen LogP contribution in [0, 0.1) is 0 Å². The van der Waals surface area contributed by atoms with Crippen LogP contribution in [0.5, 0.6) is 0 Å². The molecule has 0 rings (SSSR count). The molecule has 0 saturated carbocycles. The van der Waals surface area contributed by atoms with Crippen molar-refractivity contribution in [2.75, 3.05) is 37.7 Å². The first kappa shape index (κ1) is 33.5. The van der Waals surface area contributed by atoms with Crippen molar-refractivity contribution in [3.05, 3.63) is 0 Å². The van der Waals surface area contributed by atoms with E-state index in [9.17, 15) is 0 Å². The highest BCUT2D eigenvalue weighted by Crippen LogP contribution is 2.18. The van der Waals surface area contributed by atoms with Crippen LogP contribution in [0.2, 0.25) is 0 Å². The molecule has 0 heterocycles. The van der Waals surface area contributed by atoms with Gasteiger partial charge in [-0.15, -0.1) is 0 Å². The zero-order valence-electron chi connectivity index (χ0n) is 22.4. The summed E-state index contributed by atoms with van der Waals surface area (Å²) in [6.45, 7) is 13.6. The number of thiocarbonyl (C=S) groups is 2. The van der Waals surface area contributed by atoms with Gasteiger partial charge in [0, 0.05) is 37.7 Å². The normalized spacial score (nSPS) is 11.0. The van der Waals surface area contributed by atoms with Gasteiger partial charge < -0.3 is 9.80 Å². The van der Waals surface area contributed by atoms with Crippen molar-refractivity contribution in [3.63, 3.8) is 0 Å². The Morgan fingerprint density at radius 2 is 0.758 bits per heavy atom. The second kappa shape index (κ2) is 25.6. The fourth-order valence-corrected chi connectivity index (χ4v) is 6.42. The summed E-state index contributed by atoms with van der Waals surface area (Å²) in [7, 11) is 0. The van der Waals surface area contributed by atoms with Crippen LogP contribution in [-0.4, -0.2) is 56.1 Å². The Hall–Kier alpha value is 0.480. The van der Waals surface area contributed by atoms with Crippen molar-refractivity contribution < 1.29 is 0 Å². The van der Waals surface area contributed by atoms with Crippen LogP contribution < -0.4 is 0 Å². The molecule has 0 amide bonds. The molecule has 196 valence electrons. The highest BCUT2D eigenvalue weighted by Gasteiger charge is 2.12. The standard InChI is InChI=1S/C27H54N2S4/c1-5-9-13-17-22-28(20-15-11-7-3)26(30)32-24-19-25-33-27(31)29(21-16-12-8-4)23-18-14-10-6-2/h5-25H2,1-4H3. The summed E-state index contributed by atoms with van der Waals surface area (Å²) >= 11 is 15.4. The number of unbranched alkanes of at least 4 members (excludes halogenated alkanes) is 10. The maximum atomic E-state index is 5.82. The summed E-state index contributed by atoms with van der Waals surface area (Å²) in [4.78, 5) is 4.96. The van der Waals surface area contributed by atoms with E-state index in [0.29, 0.717) is 0 Å². The van der Waals surface area contributed by atoms with E-state index in [1.807, 2.05) is 23.5 Å². The fourth-order valence-electron chi connectivity index (χ4n) is 3.71. The minimum Gasteiger partial charge on any atom is -0.358 e. The van der Waals surface area contributed by atoms with Crippen LogP contribution >= 0.6 is 48.0 Å². The summed E-state index contributed by atoms with van der Waals surface area (Å²) < 4.78 is 2.24. The lowest BCUT2D eigenvalue weighted by Crippen LogP contribution is -2.30. The minimum atomic E-state index is 1.11. The number of nitrogens with zero attached hydrogens (tertiary/aromatic N) is 2. The van der Waals surface area contributed by atoms with Crippen molar-refractivity contribution in [1.82, 2.24) is 9.80 Å². The monoisotopic (exact) mass is 534 g/mol. The second-order valence-corrected chi connectivity index (χ2v) is 12.5. The molecular weight excluding hydrogens is 481 g/mol. The number of hydrogen-bond donors (Lipinski definition) is 0. The molecule has 0 unspecified atom stereocenters. The molecule has 33 heavy (non-hydrogen) atoms. The average Bonchev–Trinajstić information content (AvgIpc) is 2.81. The topological polar surface area (TPSA) is 6.48 Å². The zero-order valence-corrected chi connectivity index (χ0v) is 25.6. The van der Waals surface area contributed by atoms with E-state index >= 15 is 0 Å². The molecule has 0 bridgehead atoms. The molecule has 0 aromatic rings. The highest BCUT2D eigenvalue weighted by molar-refractivity contribution is 8.23. The van der Waals surface area contributed by atoms with Gasteiger partial charge in [0.1, 0.15) is 8.64 Å². The van der Waals surface area contributed by atoms with Gasteiger partial charge in [-0.05, 0) is 32.1 Å². The largest absolute Gasteiger partial charge is 0.358 e. The quantitative estimate of drug-likeness (QED) is 0.1000. The molecule has 0 spiro atoms. The Balaban J connectivity index is 4.28. The van der Waals surface area contributed by atoms with Crippen molar-refractivity contribution in [3.8, 4) is 0 Å². The lowest BCUT2D eigenvalue weighted by Gasteiger charge is -2.25. The van der Waals surface area contributed by atoms with E-state index in [4.69, 9.17) is 24.4 Å². The average molecular weight is 535 g/mol. The third kappa shape index (κ3) is 20.4. The molecule has 0 aliphatic rings. The Kier molecular flexibility index (Phi) is 25.9. The van der Waals surface area contributed by atoms with Gasteiger partial charge in [-0.25, -0.2) is 0 Å². The van der Waals surface area contributed by atoms with Crippen molar-refractivity contribution in [2.45, 2.75) is 124 Å².